The fraction of sp³-hybridized carbons (Fsp3) is 0.900. The van der Waals surface area contributed by atoms with Gasteiger partial charge in [-0.2, -0.15) is 0 Å². The van der Waals surface area contributed by atoms with E-state index in [1.54, 1.807) is 0 Å². The number of hydrogen-bond acceptors (Lipinski definition) is 2. The van der Waals surface area contributed by atoms with Gasteiger partial charge in [-0.3, -0.25) is 9.69 Å². The summed E-state index contributed by atoms with van der Waals surface area (Å²) in [5, 5.41) is 9.11. The number of likely N-dealkylation sites (tertiary alicyclic amines) is 1. The van der Waals surface area contributed by atoms with Gasteiger partial charge in [0.1, 0.15) is 6.04 Å². The Balaban J connectivity index is 2.15. The molecule has 3 heteroatoms. The molecule has 0 bridgehead atoms. The van der Waals surface area contributed by atoms with Gasteiger partial charge in [0.2, 0.25) is 0 Å². The Hall–Kier alpha value is -0.570. The van der Waals surface area contributed by atoms with E-state index in [0.29, 0.717) is 11.8 Å². The number of carboxylic acids is 1. The molecule has 2 rings (SSSR count). The zero-order valence-electron chi connectivity index (χ0n) is 8.07. The third-order valence-electron chi connectivity index (χ3n) is 3.70. The predicted octanol–water partition coefficient (Wildman–Crippen LogP) is 1.19. The van der Waals surface area contributed by atoms with Crippen LogP contribution in [0, 0.1) is 11.8 Å². The van der Waals surface area contributed by atoms with Crippen molar-refractivity contribution in [3.8, 4) is 0 Å². The Labute approximate surface area is 78.7 Å². The van der Waals surface area contributed by atoms with Crippen LogP contribution in [0.5, 0.6) is 0 Å². The van der Waals surface area contributed by atoms with Crippen molar-refractivity contribution in [3.63, 3.8) is 0 Å². The molecule has 2 aliphatic rings. The van der Waals surface area contributed by atoms with E-state index >= 15 is 0 Å². The highest BCUT2D eigenvalue weighted by Gasteiger charge is 2.42. The van der Waals surface area contributed by atoms with Crippen LogP contribution in [0.4, 0.5) is 0 Å². The second-order valence-corrected chi connectivity index (χ2v) is 4.41. The number of carbonyl (C=O) groups is 1. The van der Waals surface area contributed by atoms with Gasteiger partial charge in [-0.25, -0.2) is 0 Å². The summed E-state index contributed by atoms with van der Waals surface area (Å²) >= 11 is 0. The van der Waals surface area contributed by atoms with Gasteiger partial charge in [0, 0.05) is 0 Å². The van der Waals surface area contributed by atoms with E-state index in [4.69, 9.17) is 5.11 Å². The predicted molar refractivity (Wildman–Crippen MR) is 49.5 cm³/mol. The normalized spacial score (nSPS) is 40.2. The minimum absolute atomic E-state index is 0.207. The lowest BCUT2D eigenvalue weighted by atomic mass is 9.82. The van der Waals surface area contributed by atoms with Gasteiger partial charge in [-0.05, 0) is 38.3 Å². The number of aliphatic carboxylic acids is 1. The molecule has 1 aliphatic heterocycles. The minimum atomic E-state index is -0.626. The van der Waals surface area contributed by atoms with Crippen LogP contribution >= 0.6 is 0 Å². The summed E-state index contributed by atoms with van der Waals surface area (Å²) in [6, 6.07) is -0.207. The first-order valence-electron chi connectivity index (χ1n) is 5.13. The van der Waals surface area contributed by atoms with E-state index in [1.807, 2.05) is 11.9 Å². The molecule has 0 amide bonds. The second kappa shape index (κ2) is 3.29. The summed E-state index contributed by atoms with van der Waals surface area (Å²) in [4.78, 5) is 13.1. The van der Waals surface area contributed by atoms with E-state index in [0.717, 1.165) is 13.0 Å². The number of hydrogen-bond donors (Lipinski definition) is 1. The van der Waals surface area contributed by atoms with E-state index in [-0.39, 0.29) is 6.04 Å². The van der Waals surface area contributed by atoms with Crippen molar-refractivity contribution in [1.29, 1.82) is 0 Å². The smallest absolute Gasteiger partial charge is 0.321 e. The van der Waals surface area contributed by atoms with Crippen LogP contribution in [-0.2, 0) is 4.79 Å². The molecule has 0 aromatic heterocycles. The summed E-state index contributed by atoms with van der Waals surface area (Å²) in [5.74, 6) is 0.493. The molecule has 0 aromatic rings. The summed E-state index contributed by atoms with van der Waals surface area (Å²) in [7, 11) is 1.94. The summed E-state index contributed by atoms with van der Waals surface area (Å²) in [6.45, 7) is 0.956. The van der Waals surface area contributed by atoms with E-state index in [1.165, 1.54) is 19.3 Å². The molecule has 1 N–H and O–H groups in total. The molecule has 3 nitrogen and oxygen atoms in total. The summed E-state index contributed by atoms with van der Waals surface area (Å²) < 4.78 is 0. The van der Waals surface area contributed by atoms with Crippen LogP contribution in [-0.4, -0.2) is 35.6 Å². The molecule has 3 unspecified atom stereocenters. The van der Waals surface area contributed by atoms with Gasteiger partial charge in [0.25, 0.3) is 0 Å². The number of nitrogens with zero attached hydrogens (tertiary/aromatic N) is 1. The maximum absolute atomic E-state index is 11.1. The van der Waals surface area contributed by atoms with Crippen molar-refractivity contribution in [2.24, 2.45) is 11.8 Å². The average Bonchev–Trinajstić information content (AvgIpc) is 2.50. The van der Waals surface area contributed by atoms with Crippen molar-refractivity contribution in [2.45, 2.75) is 31.7 Å². The van der Waals surface area contributed by atoms with E-state index in [2.05, 4.69) is 0 Å². The van der Waals surface area contributed by atoms with Crippen molar-refractivity contribution in [3.05, 3.63) is 0 Å². The first-order valence-corrected chi connectivity index (χ1v) is 5.13. The van der Waals surface area contributed by atoms with Gasteiger partial charge in [0.05, 0.1) is 0 Å². The highest BCUT2D eigenvalue weighted by atomic mass is 16.4. The van der Waals surface area contributed by atoms with Crippen LogP contribution in [0.2, 0.25) is 0 Å². The lowest BCUT2D eigenvalue weighted by Crippen LogP contribution is -2.49. The lowest BCUT2D eigenvalue weighted by Gasteiger charge is -2.38. The number of rotatable bonds is 1. The molecular formula is C10H17NO2. The molecule has 1 saturated heterocycles. The maximum Gasteiger partial charge on any atom is 0.321 e. The Bertz CT molecular complexity index is 217. The molecule has 13 heavy (non-hydrogen) atoms. The topological polar surface area (TPSA) is 40.5 Å². The van der Waals surface area contributed by atoms with Gasteiger partial charge in [0.15, 0.2) is 0 Å². The van der Waals surface area contributed by atoms with Gasteiger partial charge < -0.3 is 5.11 Å². The molecule has 2 fully saturated rings. The Kier molecular flexibility index (Phi) is 2.28. The minimum Gasteiger partial charge on any atom is -0.480 e. The van der Waals surface area contributed by atoms with E-state index in [9.17, 15) is 4.79 Å². The molecule has 1 saturated carbocycles. The third-order valence-corrected chi connectivity index (χ3v) is 3.70. The summed E-state index contributed by atoms with van der Waals surface area (Å²) in [5.41, 5.74) is 0. The molecule has 1 aliphatic carbocycles. The largest absolute Gasteiger partial charge is 0.480 e. The standard InChI is InChI=1S/C10H17NO2/c1-11-6-5-7-3-2-4-8(7)9(11)10(12)13/h7-9H,2-6H2,1H3,(H,12,13). The zero-order chi connectivity index (χ0) is 9.42. The SMILES string of the molecule is CN1CCC2CCCC2C1C(=O)O. The van der Waals surface area contributed by atoms with Crippen LogP contribution in [0.3, 0.4) is 0 Å². The maximum atomic E-state index is 11.1. The van der Waals surface area contributed by atoms with Gasteiger partial charge in [-0.1, -0.05) is 12.8 Å². The first kappa shape index (κ1) is 9.00. The Morgan fingerprint density at radius 3 is 2.85 bits per heavy atom. The van der Waals surface area contributed by atoms with Crippen LogP contribution in [0.25, 0.3) is 0 Å². The van der Waals surface area contributed by atoms with Crippen molar-refractivity contribution < 1.29 is 9.90 Å². The number of carboxylic acid groups (broad SMARTS) is 1. The van der Waals surface area contributed by atoms with Crippen LogP contribution < -0.4 is 0 Å². The van der Waals surface area contributed by atoms with Gasteiger partial charge >= 0.3 is 5.97 Å². The van der Waals surface area contributed by atoms with Crippen molar-refractivity contribution in [2.75, 3.05) is 13.6 Å². The quantitative estimate of drug-likeness (QED) is 0.664. The Morgan fingerprint density at radius 2 is 2.15 bits per heavy atom. The molecule has 0 aromatic carbocycles. The van der Waals surface area contributed by atoms with Crippen LogP contribution in [0.1, 0.15) is 25.7 Å². The Morgan fingerprint density at radius 1 is 1.38 bits per heavy atom. The fourth-order valence-electron chi connectivity index (χ4n) is 3.05. The fourth-order valence-corrected chi connectivity index (χ4v) is 3.05. The highest BCUT2D eigenvalue weighted by Crippen LogP contribution is 2.40. The number of piperidine rings is 1. The third kappa shape index (κ3) is 1.46. The average molecular weight is 183 g/mol. The molecule has 1 heterocycles. The highest BCUT2D eigenvalue weighted by molar-refractivity contribution is 5.74. The molecule has 0 radical (unpaired) electrons. The number of likely N-dealkylation sites (N-methyl/N-ethyl adjacent to an activating group) is 1. The monoisotopic (exact) mass is 183 g/mol. The zero-order valence-corrected chi connectivity index (χ0v) is 8.07. The second-order valence-electron chi connectivity index (χ2n) is 4.41. The van der Waals surface area contributed by atoms with Crippen LogP contribution in [0.15, 0.2) is 0 Å². The molecule has 74 valence electrons. The molecular weight excluding hydrogens is 166 g/mol. The van der Waals surface area contributed by atoms with Crippen molar-refractivity contribution >= 4 is 5.97 Å². The van der Waals surface area contributed by atoms with E-state index < -0.39 is 5.97 Å². The number of fused-ring (bicyclic) bond motifs is 1. The first-order chi connectivity index (χ1) is 6.20. The van der Waals surface area contributed by atoms with Crippen molar-refractivity contribution in [1.82, 2.24) is 4.90 Å². The summed E-state index contributed by atoms with van der Waals surface area (Å²) in [6.07, 6.45) is 4.80. The lowest BCUT2D eigenvalue weighted by molar-refractivity contribution is -0.147. The molecule has 0 spiro atoms. The molecule has 3 atom stereocenters. The van der Waals surface area contributed by atoms with Gasteiger partial charge in [-0.15, -0.1) is 0 Å².